The number of carbonyl (C=O) groups is 6. The van der Waals surface area contributed by atoms with E-state index < -0.39 is 200 Å². The Labute approximate surface area is 733 Å². The van der Waals surface area contributed by atoms with Crippen molar-refractivity contribution in [3.05, 3.63) is 74.4 Å². The van der Waals surface area contributed by atoms with Crippen LogP contribution in [0.1, 0.15) is 63.0 Å². The van der Waals surface area contributed by atoms with Gasteiger partial charge in [-0.1, -0.05) is 36.5 Å². The van der Waals surface area contributed by atoms with Crippen LogP contribution in [0.15, 0.2) is 63.0 Å². The molecule has 6 fully saturated rings. The third-order valence-electron chi connectivity index (χ3n) is 19.8. The highest BCUT2D eigenvalue weighted by Gasteiger charge is 2.57. The number of nitrogen functional groups attached to an aromatic ring is 2. The molecular weight excluding hydrogens is 1880 g/mol. The predicted molar refractivity (Wildman–Crippen MR) is 431 cm³/mol. The molecule has 0 aromatic carbocycles. The Bertz CT molecular complexity index is 6040. The molecule has 6 aliphatic rings. The first-order valence-corrected chi connectivity index (χ1v) is 48.1. The zero-order chi connectivity index (χ0) is 91.0. The average molecular weight is 1950 g/mol. The number of thiol groups is 1. The van der Waals surface area contributed by atoms with E-state index in [1.54, 1.807) is 0 Å². The zero-order valence-electron chi connectivity index (χ0n) is 65.4. The Hall–Kier alpha value is -9.85. The van der Waals surface area contributed by atoms with Gasteiger partial charge >= 0.3 is 51.1 Å². The van der Waals surface area contributed by atoms with E-state index >= 15 is 17.6 Å². The first-order valence-electron chi connectivity index (χ1n) is 37.6. The number of aromatic nitrogens is 22. The molecule has 4 amide bonds. The number of nitrogens with one attached hydrogen (secondary N) is 4. The molecule has 0 aliphatic carbocycles. The number of carbonyl (C=O) groups excluding carboxylic acids is 4. The van der Waals surface area contributed by atoms with E-state index in [2.05, 4.69) is 114 Å². The number of alkyl halides is 4. The lowest BCUT2D eigenvalue weighted by Gasteiger charge is -2.29. The number of hydrogen-bond acceptors (Lipinski definition) is 42. The Balaban J connectivity index is 0.000000197. The second-order valence-corrected chi connectivity index (χ2v) is 39.8. The number of aliphatic carboxylic acids is 2. The molecule has 0 bridgehead atoms. The van der Waals surface area contributed by atoms with Crippen LogP contribution in [-0.4, -0.2) is 282 Å². The third kappa shape index (κ3) is 21.1. The highest BCUT2D eigenvalue weighted by atomic mass is 32.7. The summed E-state index contributed by atoms with van der Waals surface area (Å²) in [7, 11) is 0. The van der Waals surface area contributed by atoms with Crippen LogP contribution < -0.4 is 32.7 Å². The maximum Gasteiger partial charge on any atom is 0.412 e. The molecule has 6 aliphatic heterocycles. The van der Waals surface area contributed by atoms with Gasteiger partial charge in [-0.2, -0.15) is 0 Å². The molecule has 54 nitrogen and oxygen atoms in total. The highest BCUT2D eigenvalue weighted by Crippen LogP contribution is 2.60. The van der Waals surface area contributed by atoms with Crippen molar-refractivity contribution in [2.45, 2.75) is 151 Å². The Morgan fingerprint density at radius 2 is 0.859 bits per heavy atom. The van der Waals surface area contributed by atoms with Crippen molar-refractivity contribution in [1.29, 1.82) is 0 Å². The van der Waals surface area contributed by atoms with Crippen LogP contribution in [0.3, 0.4) is 0 Å². The molecule has 22 atom stereocenters. The fraction of sp³-hybridized carbons (Fsp3) is 0.516. The molecule has 128 heavy (non-hydrogen) atoms. The van der Waals surface area contributed by atoms with Crippen molar-refractivity contribution in [3.8, 4) is 0 Å². The third-order valence-corrected chi connectivity index (χ3v) is 26.0. The molecule has 66 heteroatoms. The van der Waals surface area contributed by atoms with Gasteiger partial charge < -0.3 is 89.0 Å². The number of fused-ring (bicyclic) bond motifs is 8. The van der Waals surface area contributed by atoms with E-state index in [4.69, 9.17) is 122 Å². The van der Waals surface area contributed by atoms with Gasteiger partial charge in [0.15, 0.2) is 106 Å². The maximum absolute atomic E-state index is 16.5. The lowest BCUT2D eigenvalue weighted by atomic mass is 10.1. The summed E-state index contributed by atoms with van der Waals surface area (Å²) in [6, 6.07) is 0. The summed E-state index contributed by atoms with van der Waals surface area (Å²) in [4.78, 5) is 154. The Morgan fingerprint density at radius 3 is 1.24 bits per heavy atom. The highest BCUT2D eigenvalue weighted by molar-refractivity contribution is 8.44. The lowest BCUT2D eigenvalue weighted by Crippen LogP contribution is -2.37. The fourth-order valence-corrected chi connectivity index (χ4v) is 19.4. The van der Waals surface area contributed by atoms with Gasteiger partial charge in [-0.15, -0.1) is 10.2 Å². The van der Waals surface area contributed by atoms with Crippen LogP contribution in [0.5, 0.6) is 0 Å². The van der Waals surface area contributed by atoms with Gasteiger partial charge in [0.05, 0.1) is 103 Å². The number of nitrogens with zero attached hydrogens (tertiary/aromatic N) is 22. The number of imidazole rings is 4. The second kappa shape index (κ2) is 38.7. The minimum absolute atomic E-state index is 0.00130. The quantitative estimate of drug-likeness (QED) is 0.0262. The first-order chi connectivity index (χ1) is 60.9. The zero-order valence-corrected chi connectivity index (χ0v) is 72.3. The molecule has 13 N–H and O–H groups in total. The number of carboxylic acid groups (broad SMARTS) is 2. The number of carboxylic acids is 2. The van der Waals surface area contributed by atoms with Crippen LogP contribution in [0.2, 0.25) is 0 Å². The SMILES string of the molecule is CC(CC(=O)NCc1cn(CCOC(=O)Nc2ncnc3c2ncn3[C@@H]2O[C@@H]3COP(O)(=S)O[C@H]4[C@@H](F)[C@H](n5cnc6c(N)ncnc65)O[C@@H]4COP(=O)(S)O[C@H]3[C@H]2F)nn1)C(=O)O.CC(CC(=O)O)C(=O)NCc1cn(CCOC(=O)Nc2ncnc3c2ncn3[C@@H]2O[C@@H]3COP(O)(=S)O[C@H]4[C@@H](F)[C@H](n5cnc6c(N)ncnc65)O[C@@H]4COP(O)(=S)O[C@H]3[C@H]2F)nn1. The Morgan fingerprint density at radius 1 is 0.508 bits per heavy atom. The van der Waals surface area contributed by atoms with Gasteiger partial charge in [0, 0.05) is 12.3 Å². The summed E-state index contributed by atoms with van der Waals surface area (Å²) in [6.45, 7) is -17.8. The monoisotopic (exact) mass is 1950 g/mol. The molecule has 16 heterocycles. The van der Waals surface area contributed by atoms with E-state index in [1.165, 1.54) is 57.4 Å². The Kier molecular flexibility index (Phi) is 28.1. The van der Waals surface area contributed by atoms with Crippen molar-refractivity contribution in [2.75, 3.05) is 61.7 Å². The van der Waals surface area contributed by atoms with Gasteiger partial charge in [-0.25, -0.2) is 101 Å². The average Bonchev–Trinajstić information content (AvgIpc) is 1.62. The van der Waals surface area contributed by atoms with Crippen LogP contribution in [0.25, 0.3) is 44.7 Å². The summed E-state index contributed by atoms with van der Waals surface area (Å²) >= 11 is 19.7. The summed E-state index contributed by atoms with van der Waals surface area (Å²) < 4.78 is 165. The van der Waals surface area contributed by atoms with Gasteiger partial charge in [0.25, 0.3) is 0 Å². The van der Waals surface area contributed by atoms with Crippen LogP contribution in [0, 0.1) is 11.8 Å². The molecule has 10 aromatic rings. The van der Waals surface area contributed by atoms with E-state index in [9.17, 15) is 48.0 Å². The lowest BCUT2D eigenvalue weighted by molar-refractivity contribution is -0.143. The first kappa shape index (κ1) is 92.9. The van der Waals surface area contributed by atoms with E-state index in [0.717, 1.165) is 47.1 Å². The molecule has 0 saturated carbocycles. The van der Waals surface area contributed by atoms with Crippen molar-refractivity contribution in [3.63, 3.8) is 0 Å². The van der Waals surface area contributed by atoms with Crippen LogP contribution in [0.4, 0.5) is 50.4 Å². The second-order valence-electron chi connectivity index (χ2n) is 28.5. The molecule has 688 valence electrons. The molecule has 6 saturated heterocycles. The van der Waals surface area contributed by atoms with Crippen molar-refractivity contribution >= 4 is 178 Å². The molecule has 0 spiro atoms. The van der Waals surface area contributed by atoms with Crippen molar-refractivity contribution in [2.24, 2.45) is 11.8 Å². The van der Waals surface area contributed by atoms with Crippen LogP contribution in [-0.2, 0) is 150 Å². The van der Waals surface area contributed by atoms with Crippen LogP contribution >= 0.6 is 39.2 Å². The molecule has 10 aromatic heterocycles. The van der Waals surface area contributed by atoms with Crippen molar-refractivity contribution in [1.82, 2.24) is 119 Å². The maximum atomic E-state index is 16.5. The number of rotatable bonds is 22. The predicted octanol–water partition coefficient (Wildman–Crippen LogP) is 1.90. The van der Waals surface area contributed by atoms with E-state index in [0.29, 0.717) is 11.4 Å². The number of halogens is 4. The minimum Gasteiger partial charge on any atom is -0.481 e. The van der Waals surface area contributed by atoms with E-state index in [-0.39, 0.29) is 120 Å². The smallest absolute Gasteiger partial charge is 0.412 e. The van der Waals surface area contributed by atoms with Gasteiger partial charge in [-0.3, -0.25) is 70.7 Å². The standard InChI is InChI=1S/2C31H36F2N14O13P2S2/c1-13(30(49)50)4-17(48)35-5-14-6-45(44-43-14)2-3-54-31(51)42-25-21-27(39-10-37-25)47(12-41-21)29-19(33)23-16(58-29)8-56-61(52,63)59-22-15(7-55-62(53,64)60-23)57-28(18(22)32)46-11-40-20-24(34)36-9-38-26(20)46;1-13(4-17(48)49)28(50)35-5-14-6-45(44-43-14)2-3-54-31(51)42-25-21-27(39-10-37-25)47(12-41-21)30-19(33)23-16(58-30)8-56-61(52,63)59-22-15(7-55-62(53,64)60-23)57-29(18(22)32)46-11-40-20-24(34)36-9-38-26(20)46/h6,9-13,15-16,18-19,22-23,28-29H,2-5,7-8H2,1H3,(H,35,48)(H,49,50)(H,52,63)(H,53,64)(H2,34,36,38)(H,37,39,42,51);6,9-13,15-16,18-19,22-23,29-30H,2-5,7-8H2,1H3,(H,35,50)(H,48,49)(H,52,63)(H,53,64)(H2,34,36,38)(H,37,39,42,51)/t13?,15-,16-,18-,19-,22-,23-,28-,29-,61?,62?;13?,15-,16-,18-,19-,22-,23-,29-,30-,61?,62?/m11/s1. The summed E-state index contributed by atoms with van der Waals surface area (Å²) in [5, 5.41) is 43.5. The molecule has 6 unspecified atom stereocenters. The number of hydrogen-bond donors (Lipinski definition) is 12. The number of anilines is 4. The van der Waals surface area contributed by atoms with Gasteiger partial charge in [-0.05, 0) is 35.4 Å². The molecular formula is C62H72F4N28O26P4S4. The summed E-state index contributed by atoms with van der Waals surface area (Å²) in [5.74, 6) is -4.94. The summed E-state index contributed by atoms with van der Waals surface area (Å²) in [6.07, 6.45) is -17.4. The number of nitrogens with two attached hydrogens (primary N) is 2. The topological polar surface area (TPSA) is 686 Å². The fourth-order valence-electron chi connectivity index (χ4n) is 13.6. The minimum atomic E-state index is -4.52. The molecule has 0 radical (unpaired) electrons. The summed E-state index contributed by atoms with van der Waals surface area (Å²) in [5.41, 5.74) is 13.0. The van der Waals surface area contributed by atoms with E-state index in [1.807, 2.05) is 0 Å². The molecule has 16 rings (SSSR count). The number of ether oxygens (including phenoxy) is 6. The normalized spacial score (nSPS) is 30.2. The number of amides is 4. The van der Waals surface area contributed by atoms with Gasteiger partial charge in [0.1, 0.15) is 110 Å². The van der Waals surface area contributed by atoms with Gasteiger partial charge in [0.2, 0.25) is 11.8 Å². The van der Waals surface area contributed by atoms with Crippen molar-refractivity contribution < 1.29 is 140 Å². The largest absolute Gasteiger partial charge is 0.481 e.